The highest BCUT2D eigenvalue weighted by molar-refractivity contribution is 5.95. The maximum atomic E-state index is 13.6. The number of rotatable bonds is 10. The number of anilines is 2. The Kier molecular flexibility index (Phi) is 9.74. The van der Waals surface area contributed by atoms with Gasteiger partial charge in [-0.3, -0.25) is 14.5 Å². The molecule has 0 N–H and O–H groups in total. The number of unbranched alkanes of at least 4 members (excludes halogenated alkanes) is 3. The smallest absolute Gasteiger partial charge is 0.307 e. The zero-order valence-electron chi connectivity index (χ0n) is 23.5. The van der Waals surface area contributed by atoms with Crippen molar-refractivity contribution < 1.29 is 18.7 Å². The van der Waals surface area contributed by atoms with E-state index >= 15 is 0 Å². The molecule has 0 saturated carbocycles. The number of hydrogen-bond acceptors (Lipinski definition) is 4. The SMILES string of the molecule is CCCCCCC(=O)OCN(C(=O)CC(C)(C)C)c1c(C)cc(N2CCc3cc(F)ccc3C2)cc1C. The molecule has 37 heavy (non-hydrogen) atoms. The summed E-state index contributed by atoms with van der Waals surface area (Å²) in [5.74, 6) is -0.510. The predicted octanol–water partition coefficient (Wildman–Crippen LogP) is 7.25. The Hall–Kier alpha value is -2.89. The van der Waals surface area contributed by atoms with Crippen molar-refractivity contribution in [2.45, 2.75) is 93.0 Å². The number of carbonyl (C=O) groups excluding carboxylic acids is 2. The van der Waals surface area contributed by atoms with Crippen LogP contribution in [0.15, 0.2) is 30.3 Å². The first kappa shape index (κ1) is 28.7. The molecule has 202 valence electrons. The third kappa shape index (κ3) is 8.05. The van der Waals surface area contributed by atoms with Gasteiger partial charge in [-0.2, -0.15) is 0 Å². The monoisotopic (exact) mass is 510 g/mol. The number of halogens is 1. The molecule has 1 amide bonds. The fourth-order valence-corrected chi connectivity index (χ4v) is 5.00. The summed E-state index contributed by atoms with van der Waals surface area (Å²) >= 11 is 0. The lowest BCUT2D eigenvalue weighted by molar-refractivity contribution is -0.144. The van der Waals surface area contributed by atoms with Gasteiger partial charge in [0.2, 0.25) is 5.91 Å². The Morgan fingerprint density at radius 1 is 1.03 bits per heavy atom. The minimum Gasteiger partial charge on any atom is -0.444 e. The van der Waals surface area contributed by atoms with Crippen LogP contribution in [0.3, 0.4) is 0 Å². The minimum absolute atomic E-state index is 0.0563. The van der Waals surface area contributed by atoms with E-state index in [2.05, 4.69) is 24.0 Å². The van der Waals surface area contributed by atoms with Crippen LogP contribution in [-0.4, -0.2) is 25.2 Å². The molecular formula is C31H43FN2O3. The van der Waals surface area contributed by atoms with Gasteiger partial charge in [-0.25, -0.2) is 4.39 Å². The second kappa shape index (κ2) is 12.6. The van der Waals surface area contributed by atoms with E-state index in [-0.39, 0.29) is 29.8 Å². The maximum Gasteiger partial charge on any atom is 0.307 e. The van der Waals surface area contributed by atoms with Crippen LogP contribution in [0.5, 0.6) is 0 Å². The highest BCUT2D eigenvalue weighted by Crippen LogP contribution is 2.34. The first-order valence-corrected chi connectivity index (χ1v) is 13.6. The Morgan fingerprint density at radius 3 is 2.38 bits per heavy atom. The van der Waals surface area contributed by atoms with Crippen LogP contribution in [0.1, 0.15) is 88.5 Å². The van der Waals surface area contributed by atoms with Gasteiger partial charge >= 0.3 is 5.97 Å². The van der Waals surface area contributed by atoms with Crippen molar-refractivity contribution in [2.24, 2.45) is 5.41 Å². The van der Waals surface area contributed by atoms with Crippen molar-refractivity contribution in [1.29, 1.82) is 0 Å². The molecule has 0 aromatic heterocycles. The summed E-state index contributed by atoms with van der Waals surface area (Å²) in [7, 11) is 0. The van der Waals surface area contributed by atoms with E-state index in [9.17, 15) is 14.0 Å². The van der Waals surface area contributed by atoms with Gasteiger partial charge in [0, 0.05) is 31.6 Å². The molecule has 0 fully saturated rings. The lowest BCUT2D eigenvalue weighted by Crippen LogP contribution is -2.37. The van der Waals surface area contributed by atoms with Gasteiger partial charge in [0.25, 0.3) is 0 Å². The van der Waals surface area contributed by atoms with Crippen LogP contribution in [-0.2, 0) is 27.3 Å². The molecule has 1 aliphatic heterocycles. The van der Waals surface area contributed by atoms with Gasteiger partial charge in [-0.05, 0) is 78.6 Å². The molecule has 1 heterocycles. The van der Waals surface area contributed by atoms with E-state index in [0.29, 0.717) is 12.8 Å². The zero-order chi connectivity index (χ0) is 27.2. The standard InChI is InChI=1S/C31H43FN2O3/c1-7-8-9-10-11-29(36)37-21-34(28(35)19-31(4,5)6)30-22(2)16-27(17-23(30)3)33-15-14-24-18-26(32)13-12-25(24)20-33/h12-13,16-18H,7-11,14-15,19-21H2,1-6H3. The lowest BCUT2D eigenvalue weighted by atomic mass is 9.91. The summed E-state index contributed by atoms with van der Waals surface area (Å²) in [5, 5.41) is 0. The molecule has 0 atom stereocenters. The first-order valence-electron chi connectivity index (χ1n) is 13.6. The molecule has 0 radical (unpaired) electrons. The van der Waals surface area contributed by atoms with Crippen LogP contribution in [0.4, 0.5) is 15.8 Å². The average Bonchev–Trinajstić information content (AvgIpc) is 2.81. The van der Waals surface area contributed by atoms with Crippen LogP contribution >= 0.6 is 0 Å². The number of hydrogen-bond donors (Lipinski definition) is 0. The van der Waals surface area contributed by atoms with E-state index in [1.165, 1.54) is 6.07 Å². The van der Waals surface area contributed by atoms with Crippen molar-refractivity contribution in [3.8, 4) is 0 Å². The summed E-state index contributed by atoms with van der Waals surface area (Å²) in [4.78, 5) is 29.8. The van der Waals surface area contributed by atoms with Gasteiger partial charge in [-0.15, -0.1) is 0 Å². The Balaban J connectivity index is 1.81. The first-order chi connectivity index (χ1) is 17.5. The summed E-state index contributed by atoms with van der Waals surface area (Å²) in [6, 6.07) is 9.22. The molecule has 6 heteroatoms. The number of fused-ring (bicyclic) bond motifs is 1. The van der Waals surface area contributed by atoms with E-state index in [4.69, 9.17) is 4.74 Å². The molecule has 0 unspecified atom stereocenters. The van der Waals surface area contributed by atoms with Crippen molar-refractivity contribution >= 4 is 23.3 Å². The number of benzene rings is 2. The quantitative estimate of drug-likeness (QED) is 0.192. The van der Waals surface area contributed by atoms with Gasteiger partial charge < -0.3 is 9.64 Å². The highest BCUT2D eigenvalue weighted by atomic mass is 19.1. The third-order valence-electron chi connectivity index (χ3n) is 6.86. The Bertz CT molecular complexity index is 1080. The van der Waals surface area contributed by atoms with Crippen LogP contribution in [0, 0.1) is 25.1 Å². The maximum absolute atomic E-state index is 13.6. The van der Waals surface area contributed by atoms with Crippen LogP contribution in [0.2, 0.25) is 0 Å². The van der Waals surface area contributed by atoms with Gasteiger partial charge in [0.1, 0.15) is 5.82 Å². The molecule has 0 spiro atoms. The summed E-state index contributed by atoms with van der Waals surface area (Å²) in [6.07, 6.45) is 5.54. The van der Waals surface area contributed by atoms with Gasteiger partial charge in [0.15, 0.2) is 6.73 Å². The molecule has 5 nitrogen and oxygen atoms in total. The van der Waals surface area contributed by atoms with Crippen LogP contribution < -0.4 is 9.80 Å². The highest BCUT2D eigenvalue weighted by Gasteiger charge is 2.27. The largest absolute Gasteiger partial charge is 0.444 e. The zero-order valence-corrected chi connectivity index (χ0v) is 23.5. The van der Waals surface area contributed by atoms with Gasteiger partial charge in [-0.1, -0.05) is 53.0 Å². The fourth-order valence-electron chi connectivity index (χ4n) is 5.00. The van der Waals surface area contributed by atoms with E-state index in [1.54, 1.807) is 11.0 Å². The number of nitrogens with zero attached hydrogens (tertiary/aromatic N) is 2. The van der Waals surface area contributed by atoms with Crippen molar-refractivity contribution in [3.05, 3.63) is 58.4 Å². The molecule has 2 aromatic rings. The molecule has 0 bridgehead atoms. The second-order valence-electron chi connectivity index (χ2n) is 11.5. The molecule has 3 rings (SSSR count). The Morgan fingerprint density at radius 2 is 1.73 bits per heavy atom. The van der Waals surface area contributed by atoms with E-state index < -0.39 is 0 Å². The van der Waals surface area contributed by atoms with Crippen LogP contribution in [0.25, 0.3) is 0 Å². The number of amides is 1. The average molecular weight is 511 g/mol. The molecule has 0 aliphatic carbocycles. The number of esters is 1. The summed E-state index contributed by atoms with van der Waals surface area (Å²) < 4.78 is 19.2. The normalized spacial score (nSPS) is 13.3. The summed E-state index contributed by atoms with van der Waals surface area (Å²) in [5.41, 5.74) is 5.81. The van der Waals surface area contributed by atoms with E-state index in [1.807, 2.05) is 40.7 Å². The summed E-state index contributed by atoms with van der Waals surface area (Å²) in [6.45, 7) is 13.7. The number of ether oxygens (including phenoxy) is 1. The van der Waals surface area contributed by atoms with Crippen molar-refractivity contribution in [1.82, 2.24) is 0 Å². The molecule has 2 aromatic carbocycles. The number of carbonyl (C=O) groups is 2. The molecule has 1 aliphatic rings. The van der Waals surface area contributed by atoms with Crippen molar-refractivity contribution in [2.75, 3.05) is 23.1 Å². The predicted molar refractivity (Wildman–Crippen MR) is 148 cm³/mol. The van der Waals surface area contributed by atoms with E-state index in [0.717, 1.165) is 78.8 Å². The topological polar surface area (TPSA) is 49.9 Å². The fraction of sp³-hybridized carbons (Fsp3) is 0.548. The van der Waals surface area contributed by atoms with Crippen molar-refractivity contribution in [3.63, 3.8) is 0 Å². The Labute approximate surface area is 222 Å². The number of aryl methyl sites for hydroxylation is 2. The minimum atomic E-state index is -0.264. The molecule has 0 saturated heterocycles. The second-order valence-corrected chi connectivity index (χ2v) is 11.5. The molecular weight excluding hydrogens is 467 g/mol. The third-order valence-corrected chi connectivity index (χ3v) is 6.86. The van der Waals surface area contributed by atoms with Gasteiger partial charge in [0.05, 0.1) is 5.69 Å². The lowest BCUT2D eigenvalue weighted by Gasteiger charge is -2.33.